The maximum absolute atomic E-state index is 13.5. The Morgan fingerprint density at radius 1 is 0.850 bits per heavy atom. The minimum absolute atomic E-state index is 0.00679. The molecule has 0 aliphatic heterocycles. The Hall–Kier alpha value is -5.25. The molecule has 0 radical (unpaired) electrons. The second-order valence-electron chi connectivity index (χ2n) is 9.96. The maximum atomic E-state index is 13.5. The molecule has 10 nitrogen and oxygen atoms in total. The van der Waals surface area contributed by atoms with Gasteiger partial charge in [0.25, 0.3) is 5.56 Å². The van der Waals surface area contributed by atoms with Crippen molar-refractivity contribution in [3.05, 3.63) is 125 Å². The van der Waals surface area contributed by atoms with E-state index in [2.05, 4.69) is 4.98 Å². The van der Waals surface area contributed by atoms with E-state index < -0.39 is 70.8 Å². The molecule has 1 heterocycles. The number of ether oxygens (including phenoxy) is 1. The molecular weight excluding hydrogens is 518 g/mol. The first-order valence-electron chi connectivity index (χ1n) is 12.3. The van der Waals surface area contributed by atoms with E-state index in [0.29, 0.717) is 16.6 Å². The number of nitrogens with one attached hydrogen (secondary N) is 1. The van der Waals surface area contributed by atoms with Crippen LogP contribution in [0.3, 0.4) is 0 Å². The van der Waals surface area contributed by atoms with Crippen LogP contribution in [0, 0.1) is 15.9 Å². The van der Waals surface area contributed by atoms with Crippen molar-refractivity contribution < 1.29 is 20.1 Å². The lowest BCUT2D eigenvalue weighted by Crippen LogP contribution is -2.51. The predicted molar refractivity (Wildman–Crippen MR) is 147 cm³/mol. The zero-order chi connectivity index (χ0) is 28.7. The second kappa shape index (κ2) is 8.37. The Balaban J connectivity index is 1.65. The third-order valence-electron chi connectivity index (χ3n) is 7.84. The summed E-state index contributed by atoms with van der Waals surface area (Å²) in [5.41, 5.74) is -5.10. The van der Waals surface area contributed by atoms with Crippen LogP contribution < -0.4 is 42.4 Å². The highest BCUT2D eigenvalue weighted by atomic mass is 16.5. The van der Waals surface area contributed by atoms with Crippen molar-refractivity contribution in [3.63, 3.8) is 0 Å². The van der Waals surface area contributed by atoms with Gasteiger partial charge in [-0.25, -0.2) is 0 Å². The van der Waals surface area contributed by atoms with E-state index >= 15 is 0 Å². The van der Waals surface area contributed by atoms with E-state index in [4.69, 9.17) is 4.74 Å². The molecule has 6 rings (SSSR count). The van der Waals surface area contributed by atoms with Crippen molar-refractivity contribution in [2.45, 2.75) is 19.8 Å². The molecule has 200 valence electrons. The summed E-state index contributed by atoms with van der Waals surface area (Å²) in [6.45, 7) is 1.84. The molecule has 1 aromatic heterocycles. The molecule has 0 unspecified atom stereocenters. The SMILES string of the molecule is C/C=C/C=C/c1cc2cc3c(c(O)c2c(=O)[nH]1)C[C@@]1(C3)C(O)=c2c(=O)c3c(=O)cc(OC)c(=O)c=3c(=O)c2=C1O. The van der Waals surface area contributed by atoms with Gasteiger partial charge in [-0.3, -0.25) is 24.0 Å². The Bertz CT molecular complexity index is 2360. The van der Waals surface area contributed by atoms with Crippen molar-refractivity contribution >= 4 is 28.4 Å². The molecule has 0 amide bonds. The number of aromatic nitrogens is 1. The van der Waals surface area contributed by atoms with Crippen LogP contribution in [0.25, 0.3) is 28.4 Å². The molecule has 1 atom stereocenters. The number of benzene rings is 1. The number of hydrogen-bond donors (Lipinski definition) is 4. The van der Waals surface area contributed by atoms with E-state index in [1.807, 2.05) is 13.0 Å². The van der Waals surface area contributed by atoms with Gasteiger partial charge < -0.3 is 25.0 Å². The highest BCUT2D eigenvalue weighted by Gasteiger charge is 2.50. The molecule has 0 fully saturated rings. The molecule has 0 bridgehead atoms. The lowest BCUT2D eigenvalue weighted by atomic mass is 9.82. The number of hydrogen-bond acceptors (Lipinski definition) is 9. The number of phenolic OH excluding ortho intramolecular Hbond substituents is 1. The van der Waals surface area contributed by atoms with E-state index in [9.17, 15) is 39.3 Å². The number of allylic oxidation sites excluding steroid dienone is 3. The molecule has 2 aromatic rings. The van der Waals surface area contributed by atoms with Gasteiger partial charge in [-0.1, -0.05) is 24.3 Å². The first kappa shape index (κ1) is 25.1. The monoisotopic (exact) mass is 539 g/mol. The van der Waals surface area contributed by atoms with E-state index in [1.54, 1.807) is 30.4 Å². The normalized spacial score (nSPS) is 18.1. The van der Waals surface area contributed by atoms with Crippen molar-refractivity contribution in [2.75, 3.05) is 7.11 Å². The molecule has 4 aliphatic rings. The van der Waals surface area contributed by atoms with Crippen LogP contribution >= 0.6 is 0 Å². The minimum Gasteiger partial charge on any atom is -0.510 e. The second-order valence-corrected chi connectivity index (χ2v) is 9.96. The van der Waals surface area contributed by atoms with Gasteiger partial charge >= 0.3 is 0 Å². The van der Waals surface area contributed by atoms with Crippen LogP contribution in [-0.2, 0) is 12.8 Å². The number of methoxy groups -OCH3 is 1. The van der Waals surface area contributed by atoms with Crippen LogP contribution in [0.1, 0.15) is 23.7 Å². The lowest BCUT2D eigenvalue weighted by Gasteiger charge is -2.24. The number of H-pyrrole nitrogens is 1. The first-order chi connectivity index (χ1) is 19.0. The Morgan fingerprint density at radius 2 is 1.52 bits per heavy atom. The standard InChI is InChI=1S/C30H21NO9/c1-3-4-5-6-14-8-12-7-13-10-30(11-15(13)23(33)18(12)29(39)31-14)27(37)21-22(28(30)38)26(36)20-19(25(21)35)16(32)9-17(40-2)24(20)34/h3-9,33,37-38H,10-11H2,1-2H3,(H,31,39)/b4-3+,6-5+/t30-/m0/s1. The summed E-state index contributed by atoms with van der Waals surface area (Å²) in [5.74, 6) is -2.07. The van der Waals surface area contributed by atoms with E-state index in [-0.39, 0.29) is 29.5 Å². The fourth-order valence-electron chi connectivity index (χ4n) is 6.01. The lowest BCUT2D eigenvalue weighted by molar-refractivity contribution is 0.316. The average molecular weight is 539 g/mol. The summed E-state index contributed by atoms with van der Waals surface area (Å²) in [5, 5.41) is 31.8. The highest BCUT2D eigenvalue weighted by Crippen LogP contribution is 2.51. The molecular formula is C30H21NO9. The van der Waals surface area contributed by atoms with Gasteiger partial charge in [0.05, 0.1) is 38.8 Å². The molecule has 40 heavy (non-hydrogen) atoms. The van der Waals surface area contributed by atoms with E-state index in [0.717, 1.165) is 13.2 Å². The molecule has 4 aliphatic carbocycles. The number of aliphatic hydroxyl groups excluding tert-OH is 2. The van der Waals surface area contributed by atoms with Crippen LogP contribution in [0.15, 0.2) is 60.4 Å². The van der Waals surface area contributed by atoms with Crippen molar-refractivity contribution in [1.29, 1.82) is 0 Å². The third-order valence-corrected chi connectivity index (χ3v) is 7.84. The number of rotatable bonds is 3. The topological polar surface area (TPSA) is 171 Å². The number of pyridine rings is 1. The van der Waals surface area contributed by atoms with Gasteiger partial charge in [-0.2, -0.15) is 0 Å². The largest absolute Gasteiger partial charge is 0.510 e. The molecule has 1 aromatic carbocycles. The van der Waals surface area contributed by atoms with Crippen molar-refractivity contribution in [1.82, 2.24) is 4.98 Å². The average Bonchev–Trinajstić information content (AvgIpc) is 3.40. The summed E-state index contributed by atoms with van der Waals surface area (Å²) in [6, 6.07) is 4.11. The van der Waals surface area contributed by atoms with Crippen LogP contribution in [-0.4, -0.2) is 27.4 Å². The Kier molecular flexibility index (Phi) is 5.24. The predicted octanol–water partition coefficient (Wildman–Crippen LogP) is 0.00398. The fraction of sp³-hybridized carbons (Fsp3) is 0.167. The zero-order valence-electron chi connectivity index (χ0n) is 21.2. The van der Waals surface area contributed by atoms with Crippen molar-refractivity contribution in [3.8, 4) is 11.5 Å². The number of fused-ring (bicyclic) bond motifs is 3. The maximum Gasteiger partial charge on any atom is 0.260 e. The Labute approximate surface area is 222 Å². The zero-order valence-corrected chi connectivity index (χ0v) is 21.2. The first-order valence-corrected chi connectivity index (χ1v) is 12.3. The molecule has 1 spiro atoms. The fourth-order valence-corrected chi connectivity index (χ4v) is 6.01. The van der Waals surface area contributed by atoms with Gasteiger partial charge in [0.15, 0.2) is 11.2 Å². The minimum atomic E-state index is -1.72. The summed E-state index contributed by atoms with van der Waals surface area (Å²) < 4.78 is 4.89. The van der Waals surface area contributed by atoms with E-state index in [1.165, 1.54) is 0 Å². The van der Waals surface area contributed by atoms with Crippen LogP contribution in [0.2, 0.25) is 0 Å². The summed E-state index contributed by atoms with van der Waals surface area (Å²) in [7, 11) is 1.13. The molecule has 0 saturated heterocycles. The van der Waals surface area contributed by atoms with Gasteiger partial charge in [-0.15, -0.1) is 0 Å². The quantitative estimate of drug-likeness (QED) is 0.262. The van der Waals surface area contributed by atoms with Crippen molar-refractivity contribution in [2.24, 2.45) is 5.41 Å². The molecule has 4 N–H and O–H groups in total. The number of aliphatic hydroxyl groups is 2. The number of aromatic hydroxyl groups is 1. The molecule has 0 saturated carbocycles. The van der Waals surface area contributed by atoms with Gasteiger partial charge in [0.2, 0.25) is 16.3 Å². The summed E-state index contributed by atoms with van der Waals surface area (Å²) in [4.78, 5) is 68.0. The third kappa shape index (κ3) is 3.07. The molecule has 10 heteroatoms. The number of phenols is 1. The Morgan fingerprint density at radius 3 is 2.17 bits per heavy atom. The van der Waals surface area contributed by atoms with Gasteiger partial charge in [0.1, 0.15) is 17.3 Å². The number of aromatic amines is 1. The van der Waals surface area contributed by atoms with Crippen LogP contribution in [0.5, 0.6) is 11.5 Å². The summed E-state index contributed by atoms with van der Waals surface area (Å²) >= 11 is 0. The van der Waals surface area contributed by atoms with Gasteiger partial charge in [0, 0.05) is 11.8 Å². The van der Waals surface area contributed by atoms with Crippen LogP contribution in [0.4, 0.5) is 0 Å². The smallest absolute Gasteiger partial charge is 0.260 e. The van der Waals surface area contributed by atoms with Gasteiger partial charge in [-0.05, 0) is 48.4 Å². The highest BCUT2D eigenvalue weighted by molar-refractivity contribution is 5.92. The summed E-state index contributed by atoms with van der Waals surface area (Å²) in [6.07, 6.45) is 6.64.